The number of hydrogen-bond donors (Lipinski definition) is 4. The van der Waals surface area contributed by atoms with Crippen molar-refractivity contribution >= 4 is 33.9 Å². The summed E-state index contributed by atoms with van der Waals surface area (Å²) in [7, 11) is 0. The van der Waals surface area contributed by atoms with Crippen LogP contribution in [0, 0.1) is 6.92 Å². The van der Waals surface area contributed by atoms with E-state index in [1.807, 2.05) is 67.6 Å². The van der Waals surface area contributed by atoms with Crippen molar-refractivity contribution in [3.63, 3.8) is 0 Å². The molecule has 4 N–H and O–H groups in total. The first-order valence-corrected chi connectivity index (χ1v) is 16.4. The van der Waals surface area contributed by atoms with Crippen LogP contribution in [0.15, 0.2) is 72.8 Å². The van der Waals surface area contributed by atoms with Crippen LogP contribution in [0.1, 0.15) is 68.7 Å². The minimum Gasteiger partial charge on any atom is -0.505 e. The Bertz CT molecular complexity index is 2100. The number of aryl methyl sites for hydroxylation is 1. The number of unbranched alkanes of at least 4 members (excludes halogenated alkanes) is 2. The summed E-state index contributed by atoms with van der Waals surface area (Å²) >= 11 is 0. The van der Waals surface area contributed by atoms with E-state index in [-0.39, 0.29) is 30.0 Å². The van der Waals surface area contributed by atoms with E-state index >= 15 is 0 Å². The van der Waals surface area contributed by atoms with Crippen molar-refractivity contribution in [2.24, 2.45) is 0 Å². The monoisotopic (exact) mass is 660 g/mol. The highest BCUT2D eigenvalue weighted by Gasteiger charge is 2.25. The highest BCUT2D eigenvalue weighted by Crippen LogP contribution is 2.36. The molecule has 49 heavy (non-hydrogen) atoms. The Kier molecular flexibility index (Phi) is 9.30. The third kappa shape index (κ3) is 7.08. The molecule has 6 rings (SSSR count). The maximum Gasteiger partial charge on any atom is 0.309 e. The minimum atomic E-state index is -0.888. The molecule has 0 aliphatic carbocycles. The molecule has 0 spiro atoms. The van der Waals surface area contributed by atoms with E-state index < -0.39 is 11.8 Å². The summed E-state index contributed by atoms with van der Waals surface area (Å²) in [5.41, 5.74) is 5.81. The zero-order valence-electron chi connectivity index (χ0n) is 28.1. The molecule has 4 aromatic carbocycles. The largest absolute Gasteiger partial charge is 0.505 e. The number of aromatic nitrogens is 6. The van der Waals surface area contributed by atoms with Gasteiger partial charge in [-0.1, -0.05) is 70.4 Å². The van der Waals surface area contributed by atoms with Crippen molar-refractivity contribution in [2.75, 3.05) is 0 Å². The molecule has 0 aliphatic rings. The molecule has 6 aromatic rings. The van der Waals surface area contributed by atoms with Crippen LogP contribution in [0.2, 0.25) is 0 Å². The normalized spacial score (nSPS) is 11.7. The number of phenolic OH excluding ortho intramolecular Hbond substituents is 2. The van der Waals surface area contributed by atoms with Crippen molar-refractivity contribution < 1.29 is 19.8 Å². The maximum absolute atomic E-state index is 13.0. The Morgan fingerprint density at radius 1 is 0.694 bits per heavy atom. The Labute approximate surface area is 283 Å². The molecule has 12 nitrogen and oxygen atoms in total. The zero-order chi connectivity index (χ0) is 34.7. The standard InChI is InChI=1S/C37H40N8O4/c1-5-6-11-16-37(3,4)26-19-25(34(47)32(20-26)45-42-29-14-9-10-15-30(29)43-45)22-39-36(49)35(48)38-21-24-17-23(2)18-31(33(24)46)44-40-27-12-7-8-13-28(27)41-44/h7-10,12-15,17-20,46-47H,5-6,11,16,21-22H2,1-4H3,(H,38,48)(H,39,49). The van der Waals surface area contributed by atoms with Gasteiger partial charge >= 0.3 is 11.8 Å². The van der Waals surface area contributed by atoms with Gasteiger partial charge in [0.15, 0.2) is 0 Å². The second-order valence-electron chi connectivity index (χ2n) is 13.0. The van der Waals surface area contributed by atoms with Gasteiger partial charge in [0.2, 0.25) is 0 Å². The van der Waals surface area contributed by atoms with Crippen molar-refractivity contribution in [3.05, 3.63) is 95.1 Å². The third-order valence-corrected chi connectivity index (χ3v) is 8.76. The SMILES string of the molecule is CCCCCC(C)(C)c1cc(CNC(=O)C(=O)NCc2cc(C)cc(-n3nc4ccccc4n3)c2O)c(O)c(-n2nc3ccccc3n2)c1. The molecule has 2 aromatic heterocycles. The van der Waals surface area contributed by atoms with E-state index in [1.165, 1.54) is 9.59 Å². The van der Waals surface area contributed by atoms with E-state index in [9.17, 15) is 19.8 Å². The lowest BCUT2D eigenvalue weighted by Gasteiger charge is -2.27. The summed E-state index contributed by atoms with van der Waals surface area (Å²) in [6.07, 6.45) is 4.18. The molecule has 0 atom stereocenters. The van der Waals surface area contributed by atoms with Crippen molar-refractivity contribution in [3.8, 4) is 22.9 Å². The highest BCUT2D eigenvalue weighted by atomic mass is 16.3. The maximum atomic E-state index is 13.0. The van der Waals surface area contributed by atoms with Gasteiger partial charge in [0.05, 0.1) is 0 Å². The van der Waals surface area contributed by atoms with Gasteiger partial charge < -0.3 is 20.8 Å². The predicted molar refractivity (Wildman–Crippen MR) is 187 cm³/mol. The molecule has 252 valence electrons. The lowest BCUT2D eigenvalue weighted by molar-refractivity contribution is -0.139. The predicted octanol–water partition coefficient (Wildman–Crippen LogP) is 5.66. The molecule has 0 radical (unpaired) electrons. The Balaban J connectivity index is 1.19. The van der Waals surface area contributed by atoms with Gasteiger partial charge in [-0.3, -0.25) is 9.59 Å². The molecule has 0 saturated heterocycles. The van der Waals surface area contributed by atoms with Gasteiger partial charge in [-0.05, 0) is 72.4 Å². The Morgan fingerprint density at radius 2 is 1.14 bits per heavy atom. The van der Waals surface area contributed by atoms with Crippen LogP contribution in [-0.2, 0) is 28.1 Å². The minimum absolute atomic E-state index is 0.0915. The summed E-state index contributed by atoms with van der Waals surface area (Å²) in [5, 5.41) is 45.7. The van der Waals surface area contributed by atoms with Crippen molar-refractivity contribution in [1.29, 1.82) is 0 Å². The van der Waals surface area contributed by atoms with Crippen LogP contribution in [-0.4, -0.2) is 52.0 Å². The van der Waals surface area contributed by atoms with E-state index in [2.05, 4.69) is 51.8 Å². The Hall–Kier alpha value is -5.78. The van der Waals surface area contributed by atoms with Gasteiger partial charge in [0.25, 0.3) is 0 Å². The number of benzene rings is 4. The topological polar surface area (TPSA) is 160 Å². The van der Waals surface area contributed by atoms with Crippen LogP contribution < -0.4 is 10.6 Å². The summed E-state index contributed by atoms with van der Waals surface area (Å²) < 4.78 is 0. The van der Waals surface area contributed by atoms with Gasteiger partial charge in [0, 0.05) is 24.2 Å². The fourth-order valence-electron chi connectivity index (χ4n) is 5.88. The summed E-state index contributed by atoms with van der Waals surface area (Å²) in [6, 6.07) is 22.0. The fourth-order valence-corrected chi connectivity index (χ4v) is 5.88. The van der Waals surface area contributed by atoms with Crippen LogP contribution >= 0.6 is 0 Å². The molecular weight excluding hydrogens is 620 g/mol. The second-order valence-corrected chi connectivity index (χ2v) is 13.0. The molecule has 0 saturated carbocycles. The number of aromatic hydroxyl groups is 2. The Morgan fingerprint density at radius 3 is 1.61 bits per heavy atom. The number of fused-ring (bicyclic) bond motifs is 2. The molecule has 2 heterocycles. The van der Waals surface area contributed by atoms with E-state index in [1.54, 1.807) is 12.1 Å². The smallest absolute Gasteiger partial charge is 0.309 e. The molecule has 0 unspecified atom stereocenters. The van der Waals surface area contributed by atoms with Crippen molar-refractivity contribution in [1.82, 2.24) is 40.6 Å². The van der Waals surface area contributed by atoms with Crippen LogP contribution in [0.5, 0.6) is 11.5 Å². The summed E-state index contributed by atoms with van der Waals surface area (Å²) in [6.45, 7) is 8.10. The van der Waals surface area contributed by atoms with Gasteiger partial charge in [0.1, 0.15) is 44.9 Å². The van der Waals surface area contributed by atoms with E-state index in [4.69, 9.17) is 0 Å². The van der Waals surface area contributed by atoms with Crippen molar-refractivity contribution in [2.45, 2.75) is 71.9 Å². The molecule has 0 fully saturated rings. The first-order chi connectivity index (χ1) is 23.5. The van der Waals surface area contributed by atoms with Gasteiger partial charge in [-0.15, -0.1) is 30.0 Å². The number of carbonyl (C=O) groups excluding carboxylic acids is 2. The molecule has 0 aliphatic heterocycles. The number of carbonyl (C=O) groups is 2. The third-order valence-electron chi connectivity index (χ3n) is 8.76. The lowest BCUT2D eigenvalue weighted by Crippen LogP contribution is -2.39. The molecular formula is C37H40N8O4. The van der Waals surface area contributed by atoms with Gasteiger partial charge in [-0.2, -0.15) is 0 Å². The molecule has 12 heteroatoms. The van der Waals surface area contributed by atoms with Gasteiger partial charge in [-0.25, -0.2) is 0 Å². The summed E-state index contributed by atoms with van der Waals surface area (Å²) in [5.74, 6) is -1.97. The van der Waals surface area contributed by atoms with Crippen LogP contribution in [0.3, 0.4) is 0 Å². The number of amides is 2. The van der Waals surface area contributed by atoms with Crippen LogP contribution in [0.4, 0.5) is 0 Å². The van der Waals surface area contributed by atoms with Crippen LogP contribution in [0.25, 0.3) is 33.4 Å². The lowest BCUT2D eigenvalue weighted by atomic mass is 9.79. The number of rotatable bonds is 11. The number of nitrogens with zero attached hydrogens (tertiary/aromatic N) is 6. The van der Waals surface area contributed by atoms with E-state index in [0.29, 0.717) is 44.6 Å². The van der Waals surface area contributed by atoms with E-state index in [0.717, 1.165) is 36.8 Å². The average molecular weight is 661 g/mol. The first-order valence-electron chi connectivity index (χ1n) is 16.4. The highest BCUT2D eigenvalue weighted by molar-refractivity contribution is 6.35. The second kappa shape index (κ2) is 13.8. The number of hydrogen-bond acceptors (Lipinski definition) is 8. The first kappa shape index (κ1) is 33.1. The molecule has 0 bridgehead atoms. The fraction of sp³-hybridized carbons (Fsp3) is 0.297. The average Bonchev–Trinajstić information content (AvgIpc) is 3.72. The summed E-state index contributed by atoms with van der Waals surface area (Å²) in [4.78, 5) is 28.7. The number of phenols is 2. The zero-order valence-corrected chi connectivity index (χ0v) is 28.1. The quantitative estimate of drug-likeness (QED) is 0.102. The molecule has 2 amide bonds. The number of nitrogens with one attached hydrogen (secondary N) is 2.